The first-order valence-corrected chi connectivity index (χ1v) is 11.1. The molecule has 1 unspecified atom stereocenters. The Bertz CT molecular complexity index is 720. The van der Waals surface area contributed by atoms with E-state index < -0.39 is 0 Å². The number of aryl methyl sites for hydroxylation is 1. The van der Waals surface area contributed by atoms with Gasteiger partial charge in [-0.2, -0.15) is 0 Å². The molecule has 0 saturated carbocycles. The number of hydrogen-bond donors (Lipinski definition) is 0. The highest BCUT2D eigenvalue weighted by Crippen LogP contribution is 2.41. The summed E-state index contributed by atoms with van der Waals surface area (Å²) in [7, 11) is 0. The fraction of sp³-hybridized carbons (Fsp3) is 0.789. The lowest BCUT2D eigenvalue weighted by Gasteiger charge is -2.29. The van der Waals surface area contributed by atoms with Gasteiger partial charge in [-0.1, -0.05) is 17.8 Å². The summed E-state index contributed by atoms with van der Waals surface area (Å²) in [6, 6.07) is 0. The number of ether oxygens (including phenoxy) is 1. The quantitative estimate of drug-likeness (QED) is 0.697. The number of morpholine rings is 1. The van der Waals surface area contributed by atoms with E-state index in [9.17, 15) is 9.59 Å². The summed E-state index contributed by atoms with van der Waals surface area (Å²) < 4.78 is 9.36. The van der Waals surface area contributed by atoms with Crippen LogP contribution in [0.4, 0.5) is 0 Å². The van der Waals surface area contributed by atoms with Gasteiger partial charge in [0.05, 0.1) is 24.3 Å². The largest absolute Gasteiger partial charge is 0.379 e. The van der Waals surface area contributed by atoms with Gasteiger partial charge in [0.2, 0.25) is 5.91 Å². The minimum Gasteiger partial charge on any atom is -0.379 e. The van der Waals surface area contributed by atoms with Crippen LogP contribution in [0.15, 0.2) is 0 Å². The summed E-state index contributed by atoms with van der Waals surface area (Å²) in [5.41, 5.74) is 0.410. The molecule has 4 heterocycles. The van der Waals surface area contributed by atoms with E-state index in [1.54, 1.807) is 0 Å². The zero-order chi connectivity index (χ0) is 19.6. The van der Waals surface area contributed by atoms with E-state index in [1.165, 1.54) is 11.5 Å². The van der Waals surface area contributed by atoms with Crippen molar-refractivity contribution in [2.45, 2.75) is 32.6 Å². The molecule has 1 atom stereocenters. The van der Waals surface area contributed by atoms with Crippen LogP contribution in [0.1, 0.15) is 41.6 Å². The van der Waals surface area contributed by atoms with Crippen molar-refractivity contribution in [2.75, 3.05) is 59.0 Å². The van der Waals surface area contributed by atoms with Gasteiger partial charge in [0.25, 0.3) is 5.91 Å². The summed E-state index contributed by atoms with van der Waals surface area (Å²) >= 11 is 1.18. The van der Waals surface area contributed by atoms with Crippen LogP contribution in [0.2, 0.25) is 0 Å². The number of aromatic nitrogens is 2. The molecule has 2 amide bonds. The Morgan fingerprint density at radius 3 is 2.75 bits per heavy atom. The molecular formula is C19H29N5O3S. The molecule has 3 aliphatic heterocycles. The summed E-state index contributed by atoms with van der Waals surface area (Å²) in [4.78, 5) is 33.0. The molecule has 3 aliphatic rings. The lowest BCUT2D eigenvalue weighted by atomic mass is 9.85. The summed E-state index contributed by atoms with van der Waals surface area (Å²) in [5, 5.41) is 4.12. The van der Waals surface area contributed by atoms with Gasteiger partial charge in [-0.3, -0.25) is 14.5 Å². The third-order valence-electron chi connectivity index (χ3n) is 6.27. The first-order valence-electron chi connectivity index (χ1n) is 10.3. The van der Waals surface area contributed by atoms with Gasteiger partial charge in [0.15, 0.2) is 0 Å². The maximum atomic E-state index is 13.1. The summed E-state index contributed by atoms with van der Waals surface area (Å²) in [6.45, 7) is 9.16. The highest BCUT2D eigenvalue weighted by Gasteiger charge is 2.51. The fourth-order valence-electron chi connectivity index (χ4n) is 4.53. The summed E-state index contributed by atoms with van der Waals surface area (Å²) in [5.74, 6) is 0.224. The van der Waals surface area contributed by atoms with E-state index in [1.807, 2.05) is 9.80 Å². The van der Waals surface area contributed by atoms with E-state index in [4.69, 9.17) is 4.74 Å². The maximum absolute atomic E-state index is 13.1. The van der Waals surface area contributed by atoms with Crippen LogP contribution in [0.25, 0.3) is 0 Å². The maximum Gasteiger partial charge on any atom is 0.267 e. The second kappa shape index (κ2) is 8.42. The van der Waals surface area contributed by atoms with Crippen LogP contribution in [0.5, 0.6) is 0 Å². The van der Waals surface area contributed by atoms with Crippen molar-refractivity contribution in [2.24, 2.45) is 5.41 Å². The highest BCUT2D eigenvalue weighted by molar-refractivity contribution is 7.08. The van der Waals surface area contributed by atoms with Crippen LogP contribution >= 0.6 is 11.5 Å². The van der Waals surface area contributed by atoms with Crippen molar-refractivity contribution in [3.63, 3.8) is 0 Å². The second-order valence-electron chi connectivity index (χ2n) is 8.05. The molecular weight excluding hydrogens is 378 g/mol. The van der Waals surface area contributed by atoms with Gasteiger partial charge in [0, 0.05) is 45.8 Å². The first kappa shape index (κ1) is 19.7. The fourth-order valence-corrected chi connectivity index (χ4v) is 5.21. The number of rotatable bonds is 6. The Kier molecular flexibility index (Phi) is 5.93. The topological polar surface area (TPSA) is 78.9 Å². The predicted molar refractivity (Wildman–Crippen MR) is 105 cm³/mol. The van der Waals surface area contributed by atoms with E-state index in [-0.39, 0.29) is 17.2 Å². The molecule has 1 spiro atoms. The third-order valence-corrected chi connectivity index (χ3v) is 7.02. The average molecular weight is 408 g/mol. The van der Waals surface area contributed by atoms with Crippen molar-refractivity contribution >= 4 is 23.3 Å². The molecule has 4 rings (SSSR count). The van der Waals surface area contributed by atoms with Gasteiger partial charge in [-0.25, -0.2) is 0 Å². The number of amides is 2. The normalized spacial score (nSPS) is 26.0. The molecule has 3 fully saturated rings. The molecule has 0 N–H and O–H groups in total. The molecule has 28 heavy (non-hydrogen) atoms. The highest BCUT2D eigenvalue weighted by atomic mass is 32.1. The lowest BCUT2D eigenvalue weighted by Crippen LogP contribution is -2.43. The lowest BCUT2D eigenvalue weighted by molar-refractivity contribution is -0.135. The zero-order valence-electron chi connectivity index (χ0n) is 16.6. The molecule has 9 heteroatoms. The Balaban J connectivity index is 1.35. The van der Waals surface area contributed by atoms with E-state index in [2.05, 4.69) is 21.4 Å². The number of hydrogen-bond acceptors (Lipinski definition) is 7. The Morgan fingerprint density at radius 1 is 1.18 bits per heavy atom. The molecule has 1 aromatic rings. The Morgan fingerprint density at radius 2 is 1.96 bits per heavy atom. The number of carbonyl (C=O) groups is 2. The Labute approximate surface area is 170 Å². The number of nitrogens with zero attached hydrogens (tertiary/aromatic N) is 5. The molecule has 0 aromatic carbocycles. The zero-order valence-corrected chi connectivity index (χ0v) is 17.4. The van der Waals surface area contributed by atoms with Crippen LogP contribution < -0.4 is 0 Å². The molecule has 0 bridgehead atoms. The first-order chi connectivity index (χ1) is 13.6. The van der Waals surface area contributed by atoms with Crippen LogP contribution in [-0.2, 0) is 16.0 Å². The van der Waals surface area contributed by atoms with Crippen LogP contribution in [-0.4, -0.2) is 95.1 Å². The number of likely N-dealkylation sites (tertiary alicyclic amines) is 2. The van der Waals surface area contributed by atoms with Gasteiger partial charge in [0.1, 0.15) is 4.88 Å². The monoisotopic (exact) mass is 407 g/mol. The van der Waals surface area contributed by atoms with Crippen molar-refractivity contribution in [3.05, 3.63) is 10.6 Å². The smallest absolute Gasteiger partial charge is 0.267 e. The minimum absolute atomic E-state index is 0.00473. The van der Waals surface area contributed by atoms with Crippen molar-refractivity contribution in [1.82, 2.24) is 24.3 Å². The SMILES string of the molecule is CCCc1nnsc1C(=O)N1CCC2(CCN(CCN3CCOCC3)C2=O)C1. The number of carbonyl (C=O) groups excluding carboxylic acids is 2. The van der Waals surface area contributed by atoms with Crippen LogP contribution in [0, 0.1) is 5.41 Å². The van der Waals surface area contributed by atoms with E-state index in [0.29, 0.717) is 18.0 Å². The molecule has 0 aliphatic carbocycles. The minimum atomic E-state index is -0.385. The molecule has 154 valence electrons. The second-order valence-corrected chi connectivity index (χ2v) is 8.81. The van der Waals surface area contributed by atoms with Gasteiger partial charge in [-0.15, -0.1) is 5.10 Å². The van der Waals surface area contributed by atoms with Crippen molar-refractivity contribution in [3.8, 4) is 0 Å². The van der Waals surface area contributed by atoms with Gasteiger partial charge in [-0.05, 0) is 30.8 Å². The molecule has 3 saturated heterocycles. The average Bonchev–Trinajstić information content (AvgIpc) is 3.43. The van der Waals surface area contributed by atoms with E-state index >= 15 is 0 Å². The van der Waals surface area contributed by atoms with Gasteiger partial charge >= 0.3 is 0 Å². The molecule has 8 nitrogen and oxygen atoms in total. The van der Waals surface area contributed by atoms with Crippen molar-refractivity contribution < 1.29 is 14.3 Å². The summed E-state index contributed by atoms with van der Waals surface area (Å²) in [6.07, 6.45) is 3.32. The van der Waals surface area contributed by atoms with Crippen molar-refractivity contribution in [1.29, 1.82) is 0 Å². The third kappa shape index (κ3) is 3.79. The van der Waals surface area contributed by atoms with Crippen LogP contribution in [0.3, 0.4) is 0 Å². The molecule has 0 radical (unpaired) electrons. The van der Waals surface area contributed by atoms with E-state index in [0.717, 1.165) is 77.3 Å². The standard InChI is InChI=1S/C19H29N5O3S/c1-2-3-15-16(28-21-20-15)17(25)24-7-5-19(14-24)4-6-23(18(19)26)9-8-22-10-12-27-13-11-22/h2-14H2,1H3. The molecule has 1 aromatic heterocycles. The Hall–Kier alpha value is -1.58. The predicted octanol–water partition coefficient (Wildman–Crippen LogP) is 0.887. The van der Waals surface area contributed by atoms with Gasteiger partial charge < -0.3 is 14.5 Å².